The molecule has 0 aliphatic heterocycles. The van der Waals surface area contributed by atoms with Gasteiger partial charge in [0.2, 0.25) is 5.91 Å². The summed E-state index contributed by atoms with van der Waals surface area (Å²) in [6, 6.07) is 0. The Balaban J connectivity index is 2.95. The molecule has 0 fully saturated rings. The van der Waals surface area contributed by atoms with Gasteiger partial charge < -0.3 is 11.1 Å². The second-order valence-corrected chi connectivity index (χ2v) is 3.32. The second kappa shape index (κ2) is 9.52. The van der Waals surface area contributed by atoms with E-state index in [1.807, 2.05) is 0 Å². The highest BCUT2D eigenvalue weighted by atomic mass is 16.1. The van der Waals surface area contributed by atoms with Crippen LogP contribution in [0, 0.1) is 0 Å². The number of carbonyl (C=O) groups is 1. The van der Waals surface area contributed by atoms with Crippen LogP contribution in [0.3, 0.4) is 0 Å². The van der Waals surface area contributed by atoms with E-state index in [4.69, 9.17) is 5.73 Å². The maximum absolute atomic E-state index is 10.7. The van der Waals surface area contributed by atoms with Crippen molar-refractivity contribution in [1.29, 1.82) is 0 Å². The second-order valence-electron chi connectivity index (χ2n) is 3.32. The molecule has 0 spiro atoms. The minimum Gasteiger partial charge on any atom is -0.355 e. The predicted molar refractivity (Wildman–Crippen MR) is 55.4 cm³/mol. The molecule has 0 radical (unpaired) electrons. The molecule has 0 aliphatic rings. The van der Waals surface area contributed by atoms with Gasteiger partial charge in [-0.2, -0.15) is 0 Å². The quantitative estimate of drug-likeness (QED) is 0.563. The lowest BCUT2D eigenvalue weighted by molar-refractivity contribution is -0.119. The monoisotopic (exact) mass is 186 g/mol. The summed E-state index contributed by atoms with van der Waals surface area (Å²) in [5.41, 5.74) is 5.14. The standard InChI is InChI=1S/C10H22N2O/c1-2-3-4-5-6-7-8-12-10(13)9-11/h2-9,11H2,1H3,(H,12,13). The summed E-state index contributed by atoms with van der Waals surface area (Å²) in [6.45, 7) is 3.10. The zero-order valence-corrected chi connectivity index (χ0v) is 8.64. The average molecular weight is 186 g/mol. The molecular weight excluding hydrogens is 164 g/mol. The van der Waals surface area contributed by atoms with E-state index in [9.17, 15) is 4.79 Å². The summed E-state index contributed by atoms with van der Waals surface area (Å²) >= 11 is 0. The van der Waals surface area contributed by atoms with E-state index in [0.717, 1.165) is 13.0 Å². The Labute approximate surface area is 81.1 Å². The molecule has 0 unspecified atom stereocenters. The number of hydrogen-bond donors (Lipinski definition) is 2. The van der Waals surface area contributed by atoms with Crippen LogP contribution in [-0.2, 0) is 4.79 Å². The Morgan fingerprint density at radius 2 is 1.77 bits per heavy atom. The third kappa shape index (κ3) is 9.34. The van der Waals surface area contributed by atoms with Crippen molar-refractivity contribution >= 4 is 5.91 Å². The highest BCUT2D eigenvalue weighted by molar-refractivity contribution is 5.77. The van der Waals surface area contributed by atoms with E-state index < -0.39 is 0 Å². The van der Waals surface area contributed by atoms with Crippen LogP contribution in [0.1, 0.15) is 45.4 Å². The van der Waals surface area contributed by atoms with E-state index in [-0.39, 0.29) is 12.5 Å². The molecule has 0 bridgehead atoms. The highest BCUT2D eigenvalue weighted by Crippen LogP contribution is 2.03. The number of hydrogen-bond acceptors (Lipinski definition) is 2. The number of unbranched alkanes of at least 4 members (excludes halogenated alkanes) is 5. The lowest BCUT2D eigenvalue weighted by atomic mass is 10.1. The van der Waals surface area contributed by atoms with Crippen molar-refractivity contribution in [2.45, 2.75) is 45.4 Å². The van der Waals surface area contributed by atoms with Crippen LogP contribution in [0.15, 0.2) is 0 Å². The first-order valence-electron chi connectivity index (χ1n) is 5.28. The molecule has 0 aliphatic carbocycles. The zero-order valence-electron chi connectivity index (χ0n) is 8.64. The molecule has 0 rings (SSSR count). The lowest BCUT2D eigenvalue weighted by Crippen LogP contribution is -2.30. The van der Waals surface area contributed by atoms with E-state index in [1.165, 1.54) is 32.1 Å². The normalized spacial score (nSPS) is 10.0. The molecule has 0 aromatic rings. The molecule has 0 heterocycles. The van der Waals surface area contributed by atoms with Crippen LogP contribution in [0.25, 0.3) is 0 Å². The maximum atomic E-state index is 10.7. The van der Waals surface area contributed by atoms with Gasteiger partial charge in [-0.3, -0.25) is 4.79 Å². The summed E-state index contributed by atoms with van der Waals surface area (Å²) in [6.07, 6.45) is 7.51. The predicted octanol–water partition coefficient (Wildman–Crippen LogP) is 1.42. The summed E-state index contributed by atoms with van der Waals surface area (Å²) in [4.78, 5) is 10.7. The van der Waals surface area contributed by atoms with E-state index in [0.29, 0.717) is 0 Å². The fourth-order valence-corrected chi connectivity index (χ4v) is 1.21. The van der Waals surface area contributed by atoms with Gasteiger partial charge in [-0.05, 0) is 6.42 Å². The van der Waals surface area contributed by atoms with Crippen molar-refractivity contribution in [3.05, 3.63) is 0 Å². The molecule has 3 nitrogen and oxygen atoms in total. The van der Waals surface area contributed by atoms with Crippen molar-refractivity contribution in [2.24, 2.45) is 5.73 Å². The number of nitrogens with one attached hydrogen (secondary N) is 1. The lowest BCUT2D eigenvalue weighted by Gasteiger charge is -2.02. The molecule has 13 heavy (non-hydrogen) atoms. The minimum absolute atomic E-state index is 0.0476. The third-order valence-electron chi connectivity index (χ3n) is 2.04. The van der Waals surface area contributed by atoms with E-state index in [1.54, 1.807) is 0 Å². The molecule has 1 amide bonds. The van der Waals surface area contributed by atoms with Crippen LogP contribution in [0.4, 0.5) is 0 Å². The van der Waals surface area contributed by atoms with Gasteiger partial charge in [-0.25, -0.2) is 0 Å². The van der Waals surface area contributed by atoms with Crippen molar-refractivity contribution in [3.8, 4) is 0 Å². The van der Waals surface area contributed by atoms with E-state index in [2.05, 4.69) is 12.2 Å². The molecule has 0 saturated heterocycles. The van der Waals surface area contributed by atoms with Crippen LogP contribution in [0.5, 0.6) is 0 Å². The SMILES string of the molecule is CCCCCCCCNC(=O)CN. The Hall–Kier alpha value is -0.570. The fraction of sp³-hybridized carbons (Fsp3) is 0.900. The summed E-state index contributed by atoms with van der Waals surface area (Å²) in [7, 11) is 0. The highest BCUT2D eigenvalue weighted by Gasteiger charge is 1.94. The zero-order chi connectivity index (χ0) is 9.94. The molecule has 0 aromatic heterocycles. The van der Waals surface area contributed by atoms with Crippen LogP contribution < -0.4 is 11.1 Å². The Morgan fingerprint density at radius 1 is 1.15 bits per heavy atom. The molecule has 0 aromatic carbocycles. The van der Waals surface area contributed by atoms with Gasteiger partial charge in [0.1, 0.15) is 0 Å². The van der Waals surface area contributed by atoms with Crippen LogP contribution in [-0.4, -0.2) is 19.0 Å². The molecule has 0 atom stereocenters. The van der Waals surface area contributed by atoms with Crippen LogP contribution >= 0.6 is 0 Å². The first-order chi connectivity index (χ1) is 6.31. The van der Waals surface area contributed by atoms with Gasteiger partial charge in [-0.15, -0.1) is 0 Å². The average Bonchev–Trinajstić information content (AvgIpc) is 2.16. The number of nitrogens with two attached hydrogens (primary N) is 1. The third-order valence-corrected chi connectivity index (χ3v) is 2.04. The van der Waals surface area contributed by atoms with Gasteiger partial charge in [0, 0.05) is 6.54 Å². The fourth-order valence-electron chi connectivity index (χ4n) is 1.21. The summed E-state index contributed by atoms with van der Waals surface area (Å²) < 4.78 is 0. The van der Waals surface area contributed by atoms with Gasteiger partial charge in [-0.1, -0.05) is 39.0 Å². The molecular formula is C10H22N2O. The van der Waals surface area contributed by atoms with Gasteiger partial charge in [0.15, 0.2) is 0 Å². The number of rotatable bonds is 8. The molecule has 3 N–H and O–H groups in total. The minimum atomic E-state index is -0.0476. The van der Waals surface area contributed by atoms with Crippen molar-refractivity contribution < 1.29 is 4.79 Å². The number of amides is 1. The molecule has 0 saturated carbocycles. The van der Waals surface area contributed by atoms with Crippen molar-refractivity contribution in [2.75, 3.05) is 13.1 Å². The van der Waals surface area contributed by atoms with Crippen LogP contribution in [0.2, 0.25) is 0 Å². The van der Waals surface area contributed by atoms with Crippen molar-refractivity contribution in [3.63, 3.8) is 0 Å². The van der Waals surface area contributed by atoms with E-state index >= 15 is 0 Å². The van der Waals surface area contributed by atoms with Crippen molar-refractivity contribution in [1.82, 2.24) is 5.32 Å². The van der Waals surface area contributed by atoms with Gasteiger partial charge in [0.05, 0.1) is 6.54 Å². The first-order valence-corrected chi connectivity index (χ1v) is 5.28. The smallest absolute Gasteiger partial charge is 0.233 e. The maximum Gasteiger partial charge on any atom is 0.233 e. The first kappa shape index (κ1) is 12.4. The largest absolute Gasteiger partial charge is 0.355 e. The topological polar surface area (TPSA) is 55.1 Å². The Morgan fingerprint density at radius 3 is 2.38 bits per heavy atom. The number of carbonyl (C=O) groups excluding carboxylic acids is 1. The Bertz CT molecular complexity index is 126. The Kier molecular flexibility index (Phi) is 9.10. The summed E-state index contributed by atoms with van der Waals surface area (Å²) in [5.74, 6) is -0.0476. The molecule has 78 valence electrons. The van der Waals surface area contributed by atoms with Gasteiger partial charge >= 0.3 is 0 Å². The summed E-state index contributed by atoms with van der Waals surface area (Å²) in [5, 5.41) is 2.76. The van der Waals surface area contributed by atoms with Gasteiger partial charge in [0.25, 0.3) is 0 Å². The molecule has 3 heteroatoms.